The highest BCUT2D eigenvalue weighted by Gasteiger charge is 2.38. The standard InChI is InChI=1S/C19H28F3NO4Si/c1-18(2,3)28(5,6)27-12-11-15(17(25)26-4)23-16(24)13-9-7-8-10-14(13)19(20,21)22/h7-10,15H,11-12H2,1-6H3,(H,23,24)/t15-/m1/s1. The van der Waals surface area contributed by atoms with E-state index in [4.69, 9.17) is 4.43 Å². The summed E-state index contributed by atoms with van der Waals surface area (Å²) in [5, 5.41) is 2.30. The monoisotopic (exact) mass is 419 g/mol. The molecular weight excluding hydrogens is 391 g/mol. The summed E-state index contributed by atoms with van der Waals surface area (Å²) in [6.45, 7) is 10.4. The molecule has 0 aromatic heterocycles. The highest BCUT2D eigenvalue weighted by molar-refractivity contribution is 6.74. The zero-order valence-electron chi connectivity index (χ0n) is 17.1. The van der Waals surface area contributed by atoms with E-state index in [1.54, 1.807) is 0 Å². The summed E-state index contributed by atoms with van der Waals surface area (Å²) in [4.78, 5) is 24.4. The van der Waals surface area contributed by atoms with Crippen molar-refractivity contribution in [1.29, 1.82) is 0 Å². The first-order chi connectivity index (χ1) is 12.7. The Balaban J connectivity index is 2.91. The molecule has 0 bridgehead atoms. The molecule has 0 saturated carbocycles. The molecule has 0 aliphatic rings. The molecule has 0 spiro atoms. The highest BCUT2D eigenvalue weighted by Crippen LogP contribution is 2.36. The van der Waals surface area contributed by atoms with Crippen LogP contribution in [0.2, 0.25) is 18.1 Å². The van der Waals surface area contributed by atoms with Gasteiger partial charge in [0, 0.05) is 13.0 Å². The number of amides is 1. The van der Waals surface area contributed by atoms with Gasteiger partial charge < -0.3 is 14.5 Å². The van der Waals surface area contributed by atoms with Crippen molar-refractivity contribution < 1.29 is 31.9 Å². The maximum absolute atomic E-state index is 13.1. The maximum atomic E-state index is 13.1. The first kappa shape index (κ1) is 24.2. The van der Waals surface area contributed by atoms with Crippen LogP contribution >= 0.6 is 0 Å². The molecule has 0 saturated heterocycles. The first-order valence-electron chi connectivity index (χ1n) is 8.89. The number of halogens is 3. The van der Waals surface area contributed by atoms with E-state index >= 15 is 0 Å². The number of nitrogens with one attached hydrogen (secondary N) is 1. The molecule has 1 N–H and O–H groups in total. The van der Waals surface area contributed by atoms with E-state index in [9.17, 15) is 22.8 Å². The van der Waals surface area contributed by atoms with Crippen LogP contribution in [0.4, 0.5) is 13.2 Å². The summed E-state index contributed by atoms with van der Waals surface area (Å²) >= 11 is 0. The number of esters is 1. The van der Waals surface area contributed by atoms with Gasteiger partial charge >= 0.3 is 12.1 Å². The molecule has 1 aromatic carbocycles. The van der Waals surface area contributed by atoms with E-state index in [0.29, 0.717) is 0 Å². The van der Waals surface area contributed by atoms with E-state index in [2.05, 4.69) is 30.8 Å². The summed E-state index contributed by atoms with van der Waals surface area (Å²) in [5.74, 6) is -1.73. The van der Waals surface area contributed by atoms with Crippen LogP contribution in [0.1, 0.15) is 43.1 Å². The van der Waals surface area contributed by atoms with Gasteiger partial charge in [-0.1, -0.05) is 32.9 Å². The molecule has 1 atom stereocenters. The van der Waals surface area contributed by atoms with E-state index in [1.165, 1.54) is 12.1 Å². The summed E-state index contributed by atoms with van der Waals surface area (Å²) < 4.78 is 50.0. The number of carbonyl (C=O) groups is 2. The van der Waals surface area contributed by atoms with Gasteiger partial charge in [-0.25, -0.2) is 4.79 Å². The van der Waals surface area contributed by atoms with Gasteiger partial charge in [0.25, 0.3) is 5.91 Å². The summed E-state index contributed by atoms with van der Waals surface area (Å²) in [5.41, 5.74) is -1.61. The number of ether oxygens (including phenoxy) is 1. The highest BCUT2D eigenvalue weighted by atomic mass is 28.4. The van der Waals surface area contributed by atoms with Crippen LogP contribution in [0, 0.1) is 0 Å². The quantitative estimate of drug-likeness (QED) is 0.526. The lowest BCUT2D eigenvalue weighted by Gasteiger charge is -2.36. The Morgan fingerprint density at radius 3 is 2.21 bits per heavy atom. The normalized spacial score (nSPS) is 13.8. The first-order valence-corrected chi connectivity index (χ1v) is 11.8. The van der Waals surface area contributed by atoms with Gasteiger partial charge in [0.05, 0.1) is 18.2 Å². The average molecular weight is 420 g/mol. The number of alkyl halides is 3. The van der Waals surface area contributed by atoms with Crippen molar-refractivity contribution >= 4 is 20.2 Å². The van der Waals surface area contributed by atoms with Crippen molar-refractivity contribution in [1.82, 2.24) is 5.32 Å². The van der Waals surface area contributed by atoms with Crippen LogP contribution in [0.3, 0.4) is 0 Å². The third-order valence-electron chi connectivity index (χ3n) is 4.94. The fourth-order valence-corrected chi connectivity index (χ4v) is 3.27. The van der Waals surface area contributed by atoms with Crippen molar-refractivity contribution in [2.75, 3.05) is 13.7 Å². The molecule has 5 nitrogen and oxygen atoms in total. The fourth-order valence-electron chi connectivity index (χ4n) is 2.20. The van der Waals surface area contributed by atoms with E-state index in [1.807, 2.05) is 13.1 Å². The summed E-state index contributed by atoms with van der Waals surface area (Å²) in [6, 6.07) is 3.31. The second-order valence-corrected chi connectivity index (χ2v) is 12.8. The molecule has 1 amide bonds. The second kappa shape index (κ2) is 9.08. The third kappa shape index (κ3) is 6.34. The lowest BCUT2D eigenvalue weighted by atomic mass is 10.1. The van der Waals surface area contributed by atoms with Gasteiger partial charge in [-0.15, -0.1) is 0 Å². The lowest BCUT2D eigenvalue weighted by molar-refractivity contribution is -0.143. The Bertz CT molecular complexity index is 699. The van der Waals surface area contributed by atoms with Crippen LogP contribution in [-0.2, 0) is 20.1 Å². The van der Waals surface area contributed by atoms with Gasteiger partial charge in [0.1, 0.15) is 6.04 Å². The average Bonchev–Trinajstić information content (AvgIpc) is 2.58. The lowest BCUT2D eigenvalue weighted by Crippen LogP contribution is -2.45. The predicted molar refractivity (Wildman–Crippen MR) is 102 cm³/mol. The van der Waals surface area contributed by atoms with Crippen LogP contribution in [-0.4, -0.2) is 40.0 Å². The molecule has 158 valence electrons. The van der Waals surface area contributed by atoms with E-state index < -0.39 is 43.5 Å². The zero-order chi connectivity index (χ0) is 21.8. The van der Waals surface area contributed by atoms with Crippen molar-refractivity contribution in [2.45, 2.75) is 57.5 Å². The van der Waals surface area contributed by atoms with Crippen molar-refractivity contribution in [3.8, 4) is 0 Å². The Hall–Kier alpha value is -1.87. The van der Waals surface area contributed by atoms with Gasteiger partial charge in [-0.05, 0) is 30.3 Å². The molecule has 0 fully saturated rings. The number of carbonyl (C=O) groups excluding carboxylic acids is 2. The van der Waals surface area contributed by atoms with E-state index in [-0.39, 0.29) is 18.1 Å². The van der Waals surface area contributed by atoms with Gasteiger partial charge in [0.2, 0.25) is 0 Å². The molecule has 0 unspecified atom stereocenters. The number of rotatable bonds is 7. The molecule has 28 heavy (non-hydrogen) atoms. The molecule has 0 aliphatic carbocycles. The van der Waals surface area contributed by atoms with Gasteiger partial charge in [-0.2, -0.15) is 13.2 Å². The van der Waals surface area contributed by atoms with Crippen LogP contribution < -0.4 is 5.32 Å². The van der Waals surface area contributed by atoms with Crippen LogP contribution in [0.25, 0.3) is 0 Å². The molecule has 1 rings (SSSR count). The SMILES string of the molecule is COC(=O)[C@@H](CCO[Si](C)(C)C(C)(C)C)NC(=O)c1ccccc1C(F)(F)F. The molecule has 0 heterocycles. The van der Waals surface area contributed by atoms with Crippen molar-refractivity contribution in [2.24, 2.45) is 0 Å². The van der Waals surface area contributed by atoms with Crippen LogP contribution in [0.5, 0.6) is 0 Å². The maximum Gasteiger partial charge on any atom is 0.417 e. The zero-order valence-corrected chi connectivity index (χ0v) is 18.1. The van der Waals surface area contributed by atoms with Gasteiger partial charge in [0.15, 0.2) is 8.32 Å². The molecule has 9 heteroatoms. The largest absolute Gasteiger partial charge is 0.467 e. The van der Waals surface area contributed by atoms with Crippen molar-refractivity contribution in [3.05, 3.63) is 35.4 Å². The minimum absolute atomic E-state index is 0.0390. The fraction of sp³-hybridized carbons (Fsp3) is 0.579. The number of benzene rings is 1. The van der Waals surface area contributed by atoms with E-state index in [0.717, 1.165) is 19.2 Å². The Morgan fingerprint density at radius 1 is 1.14 bits per heavy atom. The Kier molecular flexibility index (Phi) is 7.84. The smallest absolute Gasteiger partial charge is 0.417 e. The molecular formula is C19H28F3NO4Si. The predicted octanol–water partition coefficient (Wildman–Crippen LogP) is 4.39. The summed E-state index contributed by atoms with van der Waals surface area (Å²) in [6.07, 6.45) is -4.58. The second-order valence-electron chi connectivity index (χ2n) is 7.99. The molecule has 0 radical (unpaired) electrons. The number of hydrogen-bond donors (Lipinski definition) is 1. The minimum atomic E-state index is -4.68. The number of methoxy groups -OCH3 is 1. The minimum Gasteiger partial charge on any atom is -0.467 e. The van der Waals surface area contributed by atoms with Crippen LogP contribution in [0.15, 0.2) is 24.3 Å². The topological polar surface area (TPSA) is 64.6 Å². The molecule has 1 aromatic rings. The summed E-state index contributed by atoms with van der Waals surface area (Å²) in [7, 11) is -0.915. The Labute approximate surface area is 164 Å². The third-order valence-corrected chi connectivity index (χ3v) is 9.48. The Morgan fingerprint density at radius 2 is 1.71 bits per heavy atom. The number of hydrogen-bond acceptors (Lipinski definition) is 4. The molecule has 0 aliphatic heterocycles. The van der Waals surface area contributed by atoms with Crippen molar-refractivity contribution in [3.63, 3.8) is 0 Å². The van der Waals surface area contributed by atoms with Gasteiger partial charge in [-0.3, -0.25) is 4.79 Å².